The van der Waals surface area contributed by atoms with E-state index >= 15 is 8.78 Å². The molecule has 0 aliphatic rings. The van der Waals surface area contributed by atoms with Gasteiger partial charge in [-0.2, -0.15) is 0 Å². The standard InChI is InChI=1S/C26H15F2P/c27-25-19-12-6-4-8-16(19)14-21-23(25)24-22(29(21)18-10-2-1-3-11-18)15-17-9-5-7-13-20(17)26(24)28/h1-15H. The molecule has 0 unspecified atom stereocenters. The highest BCUT2D eigenvalue weighted by Crippen LogP contribution is 2.57. The molecule has 0 atom stereocenters. The van der Waals surface area contributed by atoms with E-state index < -0.39 is 7.53 Å². The van der Waals surface area contributed by atoms with Crippen LogP contribution in [-0.4, -0.2) is 0 Å². The summed E-state index contributed by atoms with van der Waals surface area (Å²) in [5.74, 6) is -0.649. The summed E-state index contributed by atoms with van der Waals surface area (Å²) in [6.07, 6.45) is 0. The first-order chi connectivity index (χ1) is 14.2. The van der Waals surface area contributed by atoms with Gasteiger partial charge in [-0.05, 0) is 28.2 Å². The van der Waals surface area contributed by atoms with E-state index in [4.69, 9.17) is 0 Å². The largest absolute Gasteiger partial charge is 0.206 e. The van der Waals surface area contributed by atoms with Crippen LogP contribution in [0.3, 0.4) is 0 Å². The van der Waals surface area contributed by atoms with Crippen molar-refractivity contribution in [2.75, 3.05) is 0 Å². The highest BCUT2D eigenvalue weighted by atomic mass is 31.1. The first-order valence-corrected chi connectivity index (χ1v) is 10.9. The third-order valence-corrected chi connectivity index (χ3v) is 8.16. The molecule has 1 heterocycles. The maximum Gasteiger partial charge on any atom is 0.139 e. The van der Waals surface area contributed by atoms with Crippen LogP contribution in [0.1, 0.15) is 0 Å². The van der Waals surface area contributed by atoms with Gasteiger partial charge < -0.3 is 0 Å². The molecule has 0 aliphatic heterocycles. The second-order valence-corrected chi connectivity index (χ2v) is 9.43. The number of hydrogen-bond donors (Lipinski definition) is 0. The molecule has 0 spiro atoms. The number of halogens is 2. The lowest BCUT2D eigenvalue weighted by molar-refractivity contribution is 0.644. The van der Waals surface area contributed by atoms with E-state index in [9.17, 15) is 0 Å². The van der Waals surface area contributed by atoms with Crippen molar-refractivity contribution in [3.05, 3.63) is 103 Å². The van der Waals surface area contributed by atoms with Gasteiger partial charge in [-0.1, -0.05) is 86.4 Å². The number of benzene rings is 5. The molecular weight excluding hydrogens is 381 g/mol. The summed E-state index contributed by atoms with van der Waals surface area (Å²) in [4.78, 5) is 0. The van der Waals surface area contributed by atoms with Crippen LogP contribution in [0.5, 0.6) is 0 Å². The minimum atomic E-state index is -1.03. The first-order valence-electron chi connectivity index (χ1n) is 9.52. The topological polar surface area (TPSA) is 0 Å². The quantitative estimate of drug-likeness (QED) is 0.261. The highest BCUT2D eigenvalue weighted by Gasteiger charge is 2.22. The van der Waals surface area contributed by atoms with Gasteiger partial charge in [-0.25, -0.2) is 8.78 Å². The molecule has 0 amide bonds. The fourth-order valence-electron chi connectivity index (χ4n) is 4.39. The molecule has 0 bridgehead atoms. The van der Waals surface area contributed by atoms with Crippen molar-refractivity contribution in [1.82, 2.24) is 0 Å². The minimum Gasteiger partial charge on any atom is -0.206 e. The predicted octanol–water partition coefficient (Wildman–Crippen LogP) is 8.55. The van der Waals surface area contributed by atoms with E-state index in [2.05, 4.69) is 24.3 Å². The van der Waals surface area contributed by atoms with E-state index in [-0.39, 0.29) is 11.6 Å². The zero-order chi connectivity index (χ0) is 19.5. The summed E-state index contributed by atoms with van der Waals surface area (Å²) in [5, 5.41) is 6.53. The summed E-state index contributed by atoms with van der Waals surface area (Å²) in [6, 6.07) is 29.0. The second kappa shape index (κ2) is 6.14. The van der Waals surface area contributed by atoms with Crippen molar-refractivity contribution >= 4 is 50.1 Å². The van der Waals surface area contributed by atoms with Gasteiger partial charge in [-0.3, -0.25) is 0 Å². The average molecular weight is 396 g/mol. The van der Waals surface area contributed by atoms with E-state index in [1.54, 1.807) is 12.1 Å². The van der Waals surface area contributed by atoms with Crippen LogP contribution in [0.4, 0.5) is 8.78 Å². The molecule has 5 aromatic carbocycles. The molecule has 138 valence electrons. The molecule has 29 heavy (non-hydrogen) atoms. The Bertz CT molecular complexity index is 1460. The van der Waals surface area contributed by atoms with Gasteiger partial charge in [-0.15, -0.1) is 0 Å². The molecule has 0 radical (unpaired) electrons. The highest BCUT2D eigenvalue weighted by molar-refractivity contribution is 7.68. The molecule has 0 nitrogen and oxygen atoms in total. The second-order valence-electron chi connectivity index (χ2n) is 7.28. The smallest absolute Gasteiger partial charge is 0.139 e. The Hall–Kier alpha value is -3.22. The molecule has 6 aromatic rings. The number of hydrogen-bond acceptors (Lipinski definition) is 0. The zero-order valence-corrected chi connectivity index (χ0v) is 16.3. The molecule has 0 aliphatic carbocycles. The van der Waals surface area contributed by atoms with E-state index in [1.165, 1.54) is 0 Å². The molecule has 0 fully saturated rings. The van der Waals surface area contributed by atoms with Crippen LogP contribution in [0.15, 0.2) is 91.0 Å². The Morgan fingerprint density at radius 1 is 0.517 bits per heavy atom. The lowest BCUT2D eigenvalue weighted by Crippen LogP contribution is -1.85. The van der Waals surface area contributed by atoms with E-state index in [0.717, 1.165) is 26.3 Å². The van der Waals surface area contributed by atoms with Gasteiger partial charge in [0.05, 0.1) is 0 Å². The van der Waals surface area contributed by atoms with Crippen LogP contribution < -0.4 is 0 Å². The third-order valence-electron chi connectivity index (χ3n) is 5.68. The fraction of sp³-hybridized carbons (Fsp3) is 0. The summed E-state index contributed by atoms with van der Waals surface area (Å²) < 4.78 is 31.5. The van der Waals surface area contributed by atoms with Crippen molar-refractivity contribution in [3.63, 3.8) is 0 Å². The van der Waals surface area contributed by atoms with Crippen LogP contribution >= 0.6 is 7.53 Å². The Morgan fingerprint density at radius 2 is 0.966 bits per heavy atom. The monoisotopic (exact) mass is 396 g/mol. The summed E-state index contributed by atoms with van der Waals surface area (Å²) >= 11 is 0. The molecule has 0 saturated heterocycles. The number of rotatable bonds is 1. The molecule has 0 N–H and O–H groups in total. The van der Waals surface area contributed by atoms with Gasteiger partial charge in [0, 0.05) is 31.8 Å². The normalized spacial score (nSPS) is 11.8. The third kappa shape index (κ3) is 2.30. The summed E-state index contributed by atoms with van der Waals surface area (Å²) in [6.45, 7) is 0. The van der Waals surface area contributed by atoms with Crippen molar-refractivity contribution in [2.45, 2.75) is 0 Å². The molecule has 0 saturated carbocycles. The maximum absolute atomic E-state index is 15.8. The van der Waals surface area contributed by atoms with E-state index in [1.807, 2.05) is 54.6 Å². The predicted molar refractivity (Wildman–Crippen MR) is 120 cm³/mol. The van der Waals surface area contributed by atoms with Gasteiger partial charge in [0.15, 0.2) is 0 Å². The maximum atomic E-state index is 15.8. The van der Waals surface area contributed by atoms with Gasteiger partial charge in [0.25, 0.3) is 0 Å². The molecular formula is C26H15F2P. The number of fused-ring (bicyclic) bond motifs is 5. The van der Waals surface area contributed by atoms with Crippen molar-refractivity contribution in [1.29, 1.82) is 0 Å². The van der Waals surface area contributed by atoms with Crippen molar-refractivity contribution in [2.24, 2.45) is 0 Å². The van der Waals surface area contributed by atoms with Crippen LogP contribution in [0.2, 0.25) is 0 Å². The van der Waals surface area contributed by atoms with Crippen molar-refractivity contribution in [3.8, 4) is 5.30 Å². The SMILES string of the molecule is Fc1c2ccccc2cc2c1c1c(F)c3ccccc3cc1p2-c1ccccc1. The Labute approximate surface area is 167 Å². The van der Waals surface area contributed by atoms with E-state index in [0.29, 0.717) is 21.5 Å². The van der Waals surface area contributed by atoms with Gasteiger partial charge >= 0.3 is 0 Å². The Kier molecular flexibility index (Phi) is 3.54. The average Bonchev–Trinajstić information content (AvgIpc) is 3.09. The van der Waals surface area contributed by atoms with Crippen molar-refractivity contribution < 1.29 is 8.78 Å². The van der Waals surface area contributed by atoms with Gasteiger partial charge in [0.2, 0.25) is 0 Å². The lowest BCUT2D eigenvalue weighted by Gasteiger charge is -2.06. The van der Waals surface area contributed by atoms with Gasteiger partial charge in [0.1, 0.15) is 11.6 Å². The van der Waals surface area contributed by atoms with Crippen LogP contribution in [-0.2, 0) is 0 Å². The summed E-state index contributed by atoms with van der Waals surface area (Å²) in [5.41, 5.74) is 0. The fourth-order valence-corrected chi connectivity index (χ4v) is 7.08. The van der Waals surface area contributed by atoms with Crippen LogP contribution in [0, 0.1) is 11.6 Å². The Balaban J connectivity index is 1.95. The zero-order valence-electron chi connectivity index (χ0n) is 15.4. The van der Waals surface area contributed by atoms with Crippen LogP contribution in [0.25, 0.3) is 47.9 Å². The first kappa shape index (κ1) is 16.7. The molecule has 6 rings (SSSR count). The molecule has 3 heteroatoms. The minimum absolute atomic E-state index is 0.325. The lowest BCUT2D eigenvalue weighted by atomic mass is 10.0. The molecule has 1 aromatic heterocycles. The summed E-state index contributed by atoms with van der Waals surface area (Å²) in [7, 11) is -1.03. The Morgan fingerprint density at radius 3 is 1.48 bits per heavy atom.